The van der Waals surface area contributed by atoms with E-state index < -0.39 is 5.60 Å². The molecule has 1 aliphatic rings. The van der Waals surface area contributed by atoms with E-state index in [2.05, 4.69) is 12.2 Å². The van der Waals surface area contributed by atoms with E-state index in [-0.39, 0.29) is 11.6 Å². The average molecular weight is 243 g/mol. The molecule has 0 aromatic heterocycles. The highest BCUT2D eigenvalue weighted by Gasteiger charge is 2.33. The van der Waals surface area contributed by atoms with Crippen molar-refractivity contribution in [1.82, 2.24) is 5.32 Å². The molecule has 0 radical (unpaired) electrons. The first-order valence-corrected chi connectivity index (χ1v) is 6.28. The van der Waals surface area contributed by atoms with Gasteiger partial charge in [0.1, 0.15) is 5.60 Å². The number of carbonyl (C=O) groups excluding carboxylic acids is 1. The quantitative estimate of drug-likeness (QED) is 0.811. The summed E-state index contributed by atoms with van der Waals surface area (Å²) in [6.07, 6.45) is 3.86. The Labute approximate surface area is 104 Å². The lowest BCUT2D eigenvalue weighted by atomic mass is 9.82. The van der Waals surface area contributed by atoms with Crippen LogP contribution >= 0.6 is 0 Å². The van der Waals surface area contributed by atoms with Crippen molar-refractivity contribution < 1.29 is 14.3 Å². The van der Waals surface area contributed by atoms with E-state index in [1.54, 1.807) is 7.11 Å². The molecule has 1 rings (SSSR count). The molecule has 1 amide bonds. The van der Waals surface area contributed by atoms with Gasteiger partial charge in [-0.3, -0.25) is 0 Å². The lowest BCUT2D eigenvalue weighted by Gasteiger charge is -2.37. The summed E-state index contributed by atoms with van der Waals surface area (Å²) in [6.45, 7) is 7.69. The number of ether oxygens (including phenoxy) is 2. The van der Waals surface area contributed by atoms with E-state index >= 15 is 0 Å². The number of rotatable bonds is 2. The Morgan fingerprint density at radius 2 is 1.82 bits per heavy atom. The van der Waals surface area contributed by atoms with Crippen LogP contribution in [0.5, 0.6) is 0 Å². The summed E-state index contributed by atoms with van der Waals surface area (Å²) in [7, 11) is 1.74. The number of methoxy groups -OCH3 is 1. The van der Waals surface area contributed by atoms with Crippen LogP contribution < -0.4 is 5.32 Å². The standard InChI is InChI=1S/C13H25NO3/c1-12(2,3)17-11(15)14-13(4)8-6-10(16-5)7-9-13/h10H,6-9H2,1-5H3,(H,14,15). The molecule has 0 spiro atoms. The van der Waals surface area contributed by atoms with Crippen LogP contribution in [0, 0.1) is 0 Å². The highest BCUT2D eigenvalue weighted by molar-refractivity contribution is 5.68. The van der Waals surface area contributed by atoms with Gasteiger partial charge in [-0.15, -0.1) is 0 Å². The minimum Gasteiger partial charge on any atom is -0.444 e. The number of alkyl carbamates (subject to hydrolysis) is 1. The first-order chi connectivity index (χ1) is 7.74. The first-order valence-electron chi connectivity index (χ1n) is 6.28. The molecule has 0 aromatic carbocycles. The third-order valence-electron chi connectivity index (χ3n) is 3.17. The normalized spacial score (nSPS) is 29.8. The van der Waals surface area contributed by atoms with Gasteiger partial charge in [0.05, 0.1) is 6.10 Å². The van der Waals surface area contributed by atoms with Crippen molar-refractivity contribution in [2.45, 2.75) is 70.6 Å². The summed E-state index contributed by atoms with van der Waals surface area (Å²) in [6, 6.07) is 0. The van der Waals surface area contributed by atoms with Crippen molar-refractivity contribution in [3.63, 3.8) is 0 Å². The van der Waals surface area contributed by atoms with Crippen molar-refractivity contribution >= 4 is 6.09 Å². The molecule has 1 fully saturated rings. The Balaban J connectivity index is 2.43. The van der Waals surface area contributed by atoms with E-state index in [9.17, 15) is 4.79 Å². The third kappa shape index (κ3) is 4.94. The summed E-state index contributed by atoms with van der Waals surface area (Å²) >= 11 is 0. The number of carbonyl (C=O) groups is 1. The zero-order valence-electron chi connectivity index (χ0n) is 11.6. The molecular weight excluding hydrogens is 218 g/mol. The molecule has 0 bridgehead atoms. The van der Waals surface area contributed by atoms with Crippen molar-refractivity contribution in [2.24, 2.45) is 0 Å². The van der Waals surface area contributed by atoms with Crippen molar-refractivity contribution in [1.29, 1.82) is 0 Å². The number of hydrogen-bond donors (Lipinski definition) is 1. The monoisotopic (exact) mass is 243 g/mol. The lowest BCUT2D eigenvalue weighted by Crippen LogP contribution is -2.50. The highest BCUT2D eigenvalue weighted by atomic mass is 16.6. The van der Waals surface area contributed by atoms with Gasteiger partial charge in [-0.1, -0.05) is 0 Å². The Morgan fingerprint density at radius 1 is 1.29 bits per heavy atom. The van der Waals surface area contributed by atoms with Crippen LogP contribution in [-0.2, 0) is 9.47 Å². The molecule has 0 saturated heterocycles. The van der Waals surface area contributed by atoms with Gasteiger partial charge in [0.2, 0.25) is 0 Å². The van der Waals surface area contributed by atoms with Crippen LogP contribution in [0.2, 0.25) is 0 Å². The van der Waals surface area contributed by atoms with Gasteiger partial charge in [-0.05, 0) is 53.4 Å². The van der Waals surface area contributed by atoms with Crippen molar-refractivity contribution in [3.05, 3.63) is 0 Å². The predicted molar refractivity (Wildman–Crippen MR) is 67.0 cm³/mol. The topological polar surface area (TPSA) is 47.6 Å². The Kier molecular flexibility index (Phi) is 4.42. The van der Waals surface area contributed by atoms with E-state index in [0.717, 1.165) is 25.7 Å². The van der Waals surface area contributed by atoms with Crippen LogP contribution in [0.4, 0.5) is 4.79 Å². The van der Waals surface area contributed by atoms with E-state index in [1.807, 2.05) is 20.8 Å². The van der Waals surface area contributed by atoms with Gasteiger partial charge >= 0.3 is 6.09 Å². The molecule has 1 aliphatic carbocycles. The second-order valence-electron chi connectivity index (χ2n) is 6.12. The van der Waals surface area contributed by atoms with Crippen LogP contribution in [-0.4, -0.2) is 30.4 Å². The Morgan fingerprint density at radius 3 is 2.24 bits per heavy atom. The van der Waals surface area contributed by atoms with Crippen LogP contribution in [0.1, 0.15) is 53.4 Å². The van der Waals surface area contributed by atoms with E-state index in [4.69, 9.17) is 9.47 Å². The van der Waals surface area contributed by atoms with Gasteiger partial charge in [0.15, 0.2) is 0 Å². The minimum atomic E-state index is -0.440. The fraction of sp³-hybridized carbons (Fsp3) is 0.923. The summed E-state index contributed by atoms with van der Waals surface area (Å²) < 4.78 is 10.6. The largest absolute Gasteiger partial charge is 0.444 e. The second-order valence-corrected chi connectivity index (χ2v) is 6.12. The van der Waals surface area contributed by atoms with Gasteiger partial charge < -0.3 is 14.8 Å². The minimum absolute atomic E-state index is 0.155. The predicted octanol–water partition coefficient (Wildman–Crippen LogP) is 2.86. The van der Waals surface area contributed by atoms with Gasteiger partial charge in [-0.2, -0.15) is 0 Å². The molecule has 0 unspecified atom stereocenters. The molecular formula is C13H25NO3. The Hall–Kier alpha value is -0.770. The van der Waals surface area contributed by atoms with Crippen molar-refractivity contribution in [2.75, 3.05) is 7.11 Å². The maximum absolute atomic E-state index is 11.7. The van der Waals surface area contributed by atoms with Gasteiger partial charge in [0.25, 0.3) is 0 Å². The van der Waals surface area contributed by atoms with Gasteiger partial charge in [0, 0.05) is 12.6 Å². The molecule has 4 heteroatoms. The molecule has 1 N–H and O–H groups in total. The summed E-state index contributed by atoms with van der Waals surface area (Å²) in [4.78, 5) is 11.7. The van der Waals surface area contributed by atoms with E-state index in [0.29, 0.717) is 6.10 Å². The van der Waals surface area contributed by atoms with Crippen LogP contribution in [0.3, 0.4) is 0 Å². The number of nitrogens with one attached hydrogen (secondary N) is 1. The second kappa shape index (κ2) is 5.25. The molecule has 17 heavy (non-hydrogen) atoms. The van der Waals surface area contributed by atoms with Gasteiger partial charge in [-0.25, -0.2) is 4.79 Å². The zero-order chi connectivity index (χ0) is 13.1. The van der Waals surface area contributed by atoms with Crippen LogP contribution in [0.15, 0.2) is 0 Å². The Bertz CT molecular complexity index is 262. The maximum Gasteiger partial charge on any atom is 0.408 e. The van der Waals surface area contributed by atoms with Crippen molar-refractivity contribution in [3.8, 4) is 0 Å². The summed E-state index contributed by atoms with van der Waals surface area (Å²) in [5.74, 6) is 0. The fourth-order valence-electron chi connectivity index (χ4n) is 2.14. The smallest absolute Gasteiger partial charge is 0.408 e. The first kappa shape index (κ1) is 14.3. The number of amides is 1. The third-order valence-corrected chi connectivity index (χ3v) is 3.17. The molecule has 0 atom stereocenters. The highest BCUT2D eigenvalue weighted by Crippen LogP contribution is 2.29. The molecule has 0 heterocycles. The van der Waals surface area contributed by atoms with E-state index in [1.165, 1.54) is 0 Å². The average Bonchev–Trinajstić information content (AvgIpc) is 2.15. The molecule has 100 valence electrons. The summed E-state index contributed by atoms with van der Waals surface area (Å²) in [5.41, 5.74) is -0.596. The lowest BCUT2D eigenvalue weighted by molar-refractivity contribution is 0.0263. The van der Waals surface area contributed by atoms with Crippen LogP contribution in [0.25, 0.3) is 0 Å². The molecule has 1 saturated carbocycles. The SMILES string of the molecule is COC1CCC(C)(NC(=O)OC(C)(C)C)CC1. The molecule has 0 aliphatic heterocycles. The maximum atomic E-state index is 11.7. The molecule has 4 nitrogen and oxygen atoms in total. The summed E-state index contributed by atoms with van der Waals surface area (Å²) in [5, 5.41) is 2.98. The molecule has 0 aromatic rings. The number of hydrogen-bond acceptors (Lipinski definition) is 3. The zero-order valence-corrected chi connectivity index (χ0v) is 11.6. The fourth-order valence-corrected chi connectivity index (χ4v) is 2.14.